The number of benzene rings is 1. The lowest BCUT2D eigenvalue weighted by atomic mass is 10.1. The van der Waals surface area contributed by atoms with E-state index in [0.717, 1.165) is 0 Å². The number of Topliss-reactive ketones (excluding diaryl/α,β-unsaturated/α-hetero) is 1. The summed E-state index contributed by atoms with van der Waals surface area (Å²) in [6.45, 7) is -0.0103. The van der Waals surface area contributed by atoms with E-state index in [1.165, 1.54) is 27.4 Å². The van der Waals surface area contributed by atoms with Crippen LogP contribution in [-0.4, -0.2) is 40.7 Å². The summed E-state index contributed by atoms with van der Waals surface area (Å²) in [5.41, 5.74) is -0.178. The zero-order valence-electron chi connectivity index (χ0n) is 10.8. The van der Waals surface area contributed by atoms with Crippen molar-refractivity contribution in [1.29, 1.82) is 0 Å². The van der Waals surface area contributed by atoms with E-state index >= 15 is 0 Å². The molecule has 0 heterocycles. The minimum Gasteiger partial charge on any atom is -0.494 e. The first-order valence-electron chi connectivity index (χ1n) is 5.26. The van der Waals surface area contributed by atoms with Gasteiger partial charge in [0.15, 0.2) is 28.8 Å². The zero-order chi connectivity index (χ0) is 13.7. The van der Waals surface area contributed by atoms with E-state index in [4.69, 9.17) is 14.2 Å². The Morgan fingerprint density at radius 2 is 1.83 bits per heavy atom. The van der Waals surface area contributed by atoms with Crippen molar-refractivity contribution in [2.24, 2.45) is 0 Å². The molecule has 1 aromatic rings. The van der Waals surface area contributed by atoms with Gasteiger partial charge in [0.2, 0.25) is 0 Å². The first kappa shape index (κ1) is 14.2. The van der Waals surface area contributed by atoms with Crippen LogP contribution in [0, 0.1) is 5.82 Å². The summed E-state index contributed by atoms with van der Waals surface area (Å²) in [5.74, 6) is -0.946. The number of likely N-dealkylation sites (N-methyl/N-ethyl adjacent to an activating group) is 1. The molecule has 0 amide bonds. The monoisotopic (exact) mass is 257 g/mol. The highest BCUT2D eigenvalue weighted by Crippen LogP contribution is 2.38. The minimum atomic E-state index is -0.754. The van der Waals surface area contributed by atoms with Gasteiger partial charge in [-0.1, -0.05) is 0 Å². The number of carbonyl (C=O) groups excluding carboxylic acids is 1. The number of halogens is 1. The molecule has 0 radical (unpaired) electrons. The van der Waals surface area contributed by atoms with E-state index in [0.29, 0.717) is 0 Å². The van der Waals surface area contributed by atoms with Gasteiger partial charge in [-0.2, -0.15) is 0 Å². The Kier molecular flexibility index (Phi) is 4.91. The molecule has 18 heavy (non-hydrogen) atoms. The van der Waals surface area contributed by atoms with Gasteiger partial charge in [-0.05, 0) is 7.05 Å². The third kappa shape index (κ3) is 2.53. The molecule has 0 atom stereocenters. The Morgan fingerprint density at radius 3 is 2.28 bits per heavy atom. The van der Waals surface area contributed by atoms with Gasteiger partial charge >= 0.3 is 0 Å². The number of ether oxygens (including phenoxy) is 3. The van der Waals surface area contributed by atoms with Crippen molar-refractivity contribution in [1.82, 2.24) is 5.32 Å². The molecule has 0 saturated carbocycles. The van der Waals surface area contributed by atoms with Crippen molar-refractivity contribution in [3.63, 3.8) is 0 Å². The molecule has 100 valence electrons. The summed E-state index contributed by atoms with van der Waals surface area (Å²) in [5, 5.41) is 2.67. The van der Waals surface area contributed by atoms with E-state index in [1.807, 2.05) is 0 Å². The van der Waals surface area contributed by atoms with Crippen molar-refractivity contribution in [3.8, 4) is 17.2 Å². The van der Waals surface area contributed by atoms with E-state index in [2.05, 4.69) is 5.32 Å². The van der Waals surface area contributed by atoms with Gasteiger partial charge in [-0.15, -0.1) is 0 Å². The summed E-state index contributed by atoms with van der Waals surface area (Å²) < 4.78 is 29.1. The number of nitrogens with one attached hydrogen (secondary N) is 1. The fraction of sp³-hybridized carbons (Fsp3) is 0.417. The van der Waals surface area contributed by atoms with Crippen LogP contribution in [0.25, 0.3) is 0 Å². The lowest BCUT2D eigenvalue weighted by molar-refractivity contribution is 0.0985. The quantitative estimate of drug-likeness (QED) is 0.777. The molecule has 1 rings (SSSR count). The zero-order valence-corrected chi connectivity index (χ0v) is 10.8. The molecule has 0 fully saturated rings. The Morgan fingerprint density at radius 1 is 1.22 bits per heavy atom. The second-order valence-corrected chi connectivity index (χ2v) is 3.46. The molecule has 0 bridgehead atoms. The van der Waals surface area contributed by atoms with Crippen LogP contribution >= 0.6 is 0 Å². The summed E-state index contributed by atoms with van der Waals surface area (Å²) in [7, 11) is 5.66. The van der Waals surface area contributed by atoms with E-state index < -0.39 is 11.6 Å². The maximum Gasteiger partial charge on any atom is 0.183 e. The predicted octanol–water partition coefficient (Wildman–Crippen LogP) is 1.25. The van der Waals surface area contributed by atoms with Gasteiger partial charge in [0.25, 0.3) is 0 Å². The Balaban J connectivity index is 3.47. The fourth-order valence-corrected chi connectivity index (χ4v) is 1.59. The second kappa shape index (κ2) is 6.20. The normalized spacial score (nSPS) is 10.1. The molecule has 6 heteroatoms. The first-order chi connectivity index (χ1) is 8.60. The van der Waals surface area contributed by atoms with Crippen molar-refractivity contribution >= 4 is 5.78 Å². The van der Waals surface area contributed by atoms with E-state index in [-0.39, 0.29) is 29.4 Å². The smallest absolute Gasteiger partial charge is 0.183 e. The van der Waals surface area contributed by atoms with E-state index in [1.54, 1.807) is 7.05 Å². The van der Waals surface area contributed by atoms with Crippen LogP contribution in [0.1, 0.15) is 10.4 Å². The third-order valence-corrected chi connectivity index (χ3v) is 2.41. The number of hydrogen-bond donors (Lipinski definition) is 1. The molecule has 1 aromatic carbocycles. The van der Waals surface area contributed by atoms with Crippen LogP contribution in [0.15, 0.2) is 6.07 Å². The standard InChI is InChI=1S/C12H16FNO4/c1-14-6-7(15)10-11(13)8(16-2)5-9(17-3)12(10)18-4/h5,14H,6H2,1-4H3. The van der Waals surface area contributed by atoms with Gasteiger partial charge in [0, 0.05) is 6.07 Å². The molecular formula is C12H16FNO4. The second-order valence-electron chi connectivity index (χ2n) is 3.46. The highest BCUT2D eigenvalue weighted by Gasteiger charge is 2.25. The molecule has 0 aliphatic carbocycles. The van der Waals surface area contributed by atoms with Crippen LogP contribution in [0.5, 0.6) is 17.2 Å². The van der Waals surface area contributed by atoms with Crippen LogP contribution in [0.3, 0.4) is 0 Å². The Hall–Kier alpha value is -1.82. The average molecular weight is 257 g/mol. The van der Waals surface area contributed by atoms with Gasteiger partial charge in [0.05, 0.1) is 27.9 Å². The van der Waals surface area contributed by atoms with Crippen molar-refractivity contribution < 1.29 is 23.4 Å². The molecule has 0 aliphatic rings. The van der Waals surface area contributed by atoms with E-state index in [9.17, 15) is 9.18 Å². The molecular weight excluding hydrogens is 241 g/mol. The van der Waals surface area contributed by atoms with Crippen LogP contribution in [-0.2, 0) is 0 Å². The van der Waals surface area contributed by atoms with Crippen molar-refractivity contribution in [3.05, 3.63) is 17.4 Å². The molecule has 0 unspecified atom stereocenters. The molecule has 5 nitrogen and oxygen atoms in total. The highest BCUT2D eigenvalue weighted by atomic mass is 19.1. The van der Waals surface area contributed by atoms with Crippen molar-refractivity contribution in [2.45, 2.75) is 0 Å². The third-order valence-electron chi connectivity index (χ3n) is 2.41. The minimum absolute atomic E-state index is 0.0103. The topological polar surface area (TPSA) is 56.8 Å². The number of rotatable bonds is 6. The van der Waals surface area contributed by atoms with Gasteiger partial charge < -0.3 is 19.5 Å². The predicted molar refractivity (Wildman–Crippen MR) is 64.3 cm³/mol. The number of carbonyl (C=O) groups is 1. The lowest BCUT2D eigenvalue weighted by Crippen LogP contribution is -2.21. The van der Waals surface area contributed by atoms with Gasteiger partial charge in [-0.25, -0.2) is 4.39 Å². The molecule has 0 aromatic heterocycles. The lowest BCUT2D eigenvalue weighted by Gasteiger charge is -2.15. The average Bonchev–Trinajstić information content (AvgIpc) is 2.38. The fourth-order valence-electron chi connectivity index (χ4n) is 1.59. The largest absolute Gasteiger partial charge is 0.494 e. The molecule has 0 saturated heterocycles. The highest BCUT2D eigenvalue weighted by molar-refractivity contribution is 6.01. The molecule has 0 spiro atoms. The summed E-state index contributed by atoms with van der Waals surface area (Å²) in [6.07, 6.45) is 0. The van der Waals surface area contributed by atoms with Gasteiger partial charge in [0.1, 0.15) is 5.56 Å². The molecule has 0 aliphatic heterocycles. The maximum absolute atomic E-state index is 14.1. The first-order valence-corrected chi connectivity index (χ1v) is 5.26. The van der Waals surface area contributed by atoms with Crippen LogP contribution < -0.4 is 19.5 Å². The van der Waals surface area contributed by atoms with Crippen LogP contribution in [0.4, 0.5) is 4.39 Å². The number of hydrogen-bond acceptors (Lipinski definition) is 5. The Bertz CT molecular complexity index is 448. The molecule has 1 N–H and O–H groups in total. The van der Waals surface area contributed by atoms with Crippen LogP contribution in [0.2, 0.25) is 0 Å². The summed E-state index contributed by atoms with van der Waals surface area (Å²) in [4.78, 5) is 11.9. The Labute approximate surface area is 105 Å². The van der Waals surface area contributed by atoms with Gasteiger partial charge in [-0.3, -0.25) is 4.79 Å². The number of methoxy groups -OCH3 is 3. The summed E-state index contributed by atoms with van der Waals surface area (Å²) >= 11 is 0. The number of ketones is 1. The SMILES string of the molecule is CNCC(=O)c1c(F)c(OC)cc(OC)c1OC. The summed E-state index contributed by atoms with van der Waals surface area (Å²) in [6, 6.07) is 1.34. The maximum atomic E-state index is 14.1. The van der Waals surface area contributed by atoms with Crippen molar-refractivity contribution in [2.75, 3.05) is 34.9 Å².